The van der Waals surface area contributed by atoms with E-state index in [0.717, 1.165) is 24.0 Å². The summed E-state index contributed by atoms with van der Waals surface area (Å²) in [5.74, 6) is 0.500. The molecule has 1 amide bonds. The summed E-state index contributed by atoms with van der Waals surface area (Å²) in [4.78, 5) is 12.6. The number of amides is 1. The Labute approximate surface area is 137 Å². The Morgan fingerprint density at radius 2 is 1.57 bits per heavy atom. The van der Waals surface area contributed by atoms with Gasteiger partial charge in [0.25, 0.3) is 0 Å². The molecular weight excluding hydrogens is 286 g/mol. The molecule has 0 radical (unpaired) electrons. The normalized spacial score (nSPS) is 16.6. The molecule has 2 unspecified atom stereocenters. The van der Waals surface area contributed by atoms with Gasteiger partial charge in [0.15, 0.2) is 0 Å². The first-order valence-corrected chi connectivity index (χ1v) is 8.31. The van der Waals surface area contributed by atoms with Crippen molar-refractivity contribution >= 4 is 5.91 Å². The van der Waals surface area contributed by atoms with Gasteiger partial charge in [0.05, 0.1) is 12.0 Å². The van der Waals surface area contributed by atoms with Gasteiger partial charge >= 0.3 is 0 Å². The van der Waals surface area contributed by atoms with E-state index in [0.29, 0.717) is 18.9 Å². The fourth-order valence-electron chi connectivity index (χ4n) is 3.01. The minimum atomic E-state index is -0.535. The molecule has 1 aliphatic rings. The lowest BCUT2D eigenvalue weighted by atomic mass is 9.93. The second-order valence-electron chi connectivity index (χ2n) is 6.23. The van der Waals surface area contributed by atoms with Gasteiger partial charge in [0, 0.05) is 6.54 Å². The minimum absolute atomic E-state index is 0.0509. The first-order valence-electron chi connectivity index (χ1n) is 8.31. The lowest BCUT2D eigenvalue weighted by Gasteiger charge is -2.18. The van der Waals surface area contributed by atoms with E-state index in [4.69, 9.17) is 0 Å². The molecule has 2 aromatic carbocycles. The van der Waals surface area contributed by atoms with Crippen molar-refractivity contribution in [1.29, 1.82) is 0 Å². The van der Waals surface area contributed by atoms with Gasteiger partial charge < -0.3 is 10.4 Å². The Bertz CT molecular complexity index is 623. The van der Waals surface area contributed by atoms with Gasteiger partial charge in [-0.25, -0.2) is 0 Å². The number of carbonyl (C=O) groups excluding carboxylic acids is 1. The number of rotatable bonds is 7. The summed E-state index contributed by atoms with van der Waals surface area (Å²) < 4.78 is 0. The quantitative estimate of drug-likeness (QED) is 0.823. The van der Waals surface area contributed by atoms with E-state index in [1.807, 2.05) is 60.7 Å². The van der Waals surface area contributed by atoms with Crippen molar-refractivity contribution in [3.05, 3.63) is 71.8 Å². The van der Waals surface area contributed by atoms with Crippen molar-refractivity contribution in [3.63, 3.8) is 0 Å². The van der Waals surface area contributed by atoms with Gasteiger partial charge in [0.1, 0.15) is 0 Å². The minimum Gasteiger partial charge on any atom is -0.388 e. The predicted molar refractivity (Wildman–Crippen MR) is 90.9 cm³/mol. The topological polar surface area (TPSA) is 49.3 Å². The van der Waals surface area contributed by atoms with Crippen molar-refractivity contribution < 1.29 is 9.90 Å². The van der Waals surface area contributed by atoms with Crippen LogP contribution in [-0.2, 0) is 4.79 Å². The maximum atomic E-state index is 12.6. The Morgan fingerprint density at radius 3 is 2.13 bits per heavy atom. The number of nitrogens with one attached hydrogen (secondary N) is 1. The Kier molecular flexibility index (Phi) is 5.09. The van der Waals surface area contributed by atoms with Crippen LogP contribution in [0.2, 0.25) is 0 Å². The fraction of sp³-hybridized carbons (Fsp3) is 0.350. The van der Waals surface area contributed by atoms with Crippen LogP contribution in [-0.4, -0.2) is 17.6 Å². The lowest BCUT2D eigenvalue weighted by Crippen LogP contribution is -2.32. The molecule has 0 aromatic heterocycles. The highest BCUT2D eigenvalue weighted by molar-refractivity contribution is 5.84. The SMILES string of the molecule is O=C(NCCC(O)c1ccccc1)C(c1ccccc1)C1CC1. The highest BCUT2D eigenvalue weighted by Crippen LogP contribution is 2.42. The van der Waals surface area contributed by atoms with Crippen LogP contribution in [0.15, 0.2) is 60.7 Å². The van der Waals surface area contributed by atoms with Gasteiger partial charge in [-0.15, -0.1) is 0 Å². The highest BCUT2D eigenvalue weighted by atomic mass is 16.3. The molecule has 0 aliphatic heterocycles. The summed E-state index contributed by atoms with van der Waals surface area (Å²) >= 11 is 0. The lowest BCUT2D eigenvalue weighted by molar-refractivity contribution is -0.123. The maximum Gasteiger partial charge on any atom is 0.227 e. The average molecular weight is 309 g/mol. The van der Waals surface area contributed by atoms with Crippen LogP contribution in [0.25, 0.3) is 0 Å². The van der Waals surface area contributed by atoms with E-state index in [1.54, 1.807) is 0 Å². The summed E-state index contributed by atoms with van der Waals surface area (Å²) in [5.41, 5.74) is 1.99. The summed E-state index contributed by atoms with van der Waals surface area (Å²) in [6.45, 7) is 0.491. The monoisotopic (exact) mass is 309 g/mol. The number of aliphatic hydroxyl groups is 1. The van der Waals surface area contributed by atoms with Crippen LogP contribution in [0.5, 0.6) is 0 Å². The molecule has 0 bridgehead atoms. The number of aliphatic hydroxyl groups excluding tert-OH is 1. The van der Waals surface area contributed by atoms with Gasteiger partial charge in [-0.2, -0.15) is 0 Å². The molecule has 0 heterocycles. The molecule has 2 aromatic rings. The molecule has 3 nitrogen and oxygen atoms in total. The number of benzene rings is 2. The van der Waals surface area contributed by atoms with Crippen molar-refractivity contribution in [2.24, 2.45) is 5.92 Å². The first-order chi connectivity index (χ1) is 11.3. The zero-order valence-corrected chi connectivity index (χ0v) is 13.2. The number of carbonyl (C=O) groups is 1. The Balaban J connectivity index is 1.54. The van der Waals surface area contributed by atoms with Crippen LogP contribution in [0.3, 0.4) is 0 Å². The second-order valence-corrected chi connectivity index (χ2v) is 6.23. The van der Waals surface area contributed by atoms with Gasteiger partial charge in [-0.1, -0.05) is 60.7 Å². The van der Waals surface area contributed by atoms with Crippen molar-refractivity contribution in [2.45, 2.75) is 31.3 Å². The number of hydrogen-bond acceptors (Lipinski definition) is 2. The molecule has 0 spiro atoms. The van der Waals surface area contributed by atoms with Gasteiger partial charge in [-0.05, 0) is 36.3 Å². The summed E-state index contributed by atoms with van der Waals surface area (Å²) in [5, 5.41) is 13.2. The first kappa shape index (κ1) is 15.8. The average Bonchev–Trinajstić information content (AvgIpc) is 3.41. The van der Waals surface area contributed by atoms with Crippen LogP contribution in [0.1, 0.15) is 42.4 Å². The van der Waals surface area contributed by atoms with Gasteiger partial charge in [-0.3, -0.25) is 4.79 Å². The van der Waals surface area contributed by atoms with E-state index < -0.39 is 6.10 Å². The van der Waals surface area contributed by atoms with E-state index in [-0.39, 0.29) is 11.8 Å². The highest BCUT2D eigenvalue weighted by Gasteiger charge is 2.36. The van der Waals surface area contributed by atoms with Crippen LogP contribution >= 0.6 is 0 Å². The molecule has 0 saturated heterocycles. The summed E-state index contributed by atoms with van der Waals surface area (Å²) in [7, 11) is 0. The van der Waals surface area contributed by atoms with E-state index in [9.17, 15) is 9.90 Å². The smallest absolute Gasteiger partial charge is 0.227 e. The second kappa shape index (κ2) is 7.42. The standard InChI is InChI=1S/C20H23NO2/c22-18(15-7-3-1-4-8-15)13-14-21-20(23)19(17-11-12-17)16-9-5-2-6-10-16/h1-10,17-19,22H,11-14H2,(H,21,23). The van der Waals surface area contributed by atoms with Crippen molar-refractivity contribution in [2.75, 3.05) is 6.54 Å². The predicted octanol–water partition coefficient (Wildman–Crippen LogP) is 3.42. The van der Waals surface area contributed by atoms with E-state index >= 15 is 0 Å². The maximum absolute atomic E-state index is 12.6. The Morgan fingerprint density at radius 1 is 1.00 bits per heavy atom. The third kappa shape index (κ3) is 4.20. The molecule has 1 fully saturated rings. The van der Waals surface area contributed by atoms with Crippen LogP contribution in [0, 0.1) is 5.92 Å². The summed E-state index contributed by atoms with van der Waals surface area (Å²) in [6.07, 6.45) is 2.24. The number of hydrogen-bond donors (Lipinski definition) is 2. The van der Waals surface area contributed by atoms with Gasteiger partial charge in [0.2, 0.25) is 5.91 Å². The zero-order chi connectivity index (χ0) is 16.1. The molecule has 1 saturated carbocycles. The molecule has 2 N–H and O–H groups in total. The molecule has 23 heavy (non-hydrogen) atoms. The fourth-order valence-corrected chi connectivity index (χ4v) is 3.01. The molecule has 3 rings (SSSR count). The van der Waals surface area contributed by atoms with Crippen molar-refractivity contribution in [1.82, 2.24) is 5.32 Å². The molecular formula is C20H23NO2. The molecule has 120 valence electrons. The molecule has 3 heteroatoms. The summed E-state index contributed by atoms with van der Waals surface area (Å²) in [6, 6.07) is 19.6. The van der Waals surface area contributed by atoms with Crippen LogP contribution in [0.4, 0.5) is 0 Å². The third-order valence-electron chi connectivity index (χ3n) is 4.44. The van der Waals surface area contributed by atoms with E-state index in [2.05, 4.69) is 5.32 Å². The molecule has 1 aliphatic carbocycles. The van der Waals surface area contributed by atoms with Crippen molar-refractivity contribution in [3.8, 4) is 0 Å². The van der Waals surface area contributed by atoms with E-state index in [1.165, 1.54) is 0 Å². The zero-order valence-electron chi connectivity index (χ0n) is 13.2. The third-order valence-corrected chi connectivity index (χ3v) is 4.44. The van der Waals surface area contributed by atoms with Crippen LogP contribution < -0.4 is 5.32 Å². The largest absolute Gasteiger partial charge is 0.388 e. The Hall–Kier alpha value is -2.13. The molecule has 2 atom stereocenters.